The number of amides is 1. The molecule has 2 fully saturated rings. The molecule has 5 nitrogen and oxygen atoms in total. The number of nitrogens with zero attached hydrogens (tertiary/aromatic N) is 1. The number of likely N-dealkylation sites (tertiary alicyclic amines) is 1. The van der Waals surface area contributed by atoms with Crippen molar-refractivity contribution in [1.29, 1.82) is 0 Å². The van der Waals surface area contributed by atoms with Crippen LogP contribution in [0.25, 0.3) is 0 Å². The summed E-state index contributed by atoms with van der Waals surface area (Å²) in [4.78, 5) is 14.3. The Hall–Kier alpha value is -0.650. The average Bonchev–Trinajstić information content (AvgIpc) is 2.85. The normalized spacial score (nSPS) is 39.0. The maximum Gasteiger partial charge on any atom is 0.237 e. The Bertz CT molecular complexity index is 350. The van der Waals surface area contributed by atoms with Gasteiger partial charge >= 0.3 is 0 Å². The molecule has 0 aromatic rings. The SMILES string of the molecule is CCNC1(C(N)=O)CCC(N2CCC(C)C(OC)C2)C1. The van der Waals surface area contributed by atoms with Crippen LogP contribution in [0.4, 0.5) is 0 Å². The second kappa shape index (κ2) is 6.41. The smallest absolute Gasteiger partial charge is 0.237 e. The molecule has 0 spiro atoms. The molecule has 0 aromatic carbocycles. The Labute approximate surface area is 122 Å². The standard InChI is InChI=1S/C15H29N3O2/c1-4-17-15(14(16)19)7-5-12(9-15)18-8-6-11(2)13(10-18)20-3/h11-13,17H,4-10H2,1-3H3,(H2,16,19). The largest absolute Gasteiger partial charge is 0.380 e. The zero-order valence-corrected chi connectivity index (χ0v) is 13.0. The van der Waals surface area contributed by atoms with E-state index in [4.69, 9.17) is 10.5 Å². The van der Waals surface area contributed by atoms with E-state index >= 15 is 0 Å². The van der Waals surface area contributed by atoms with Crippen LogP contribution in [0.3, 0.4) is 0 Å². The summed E-state index contributed by atoms with van der Waals surface area (Å²) in [6.07, 6.45) is 4.21. The molecule has 0 bridgehead atoms. The van der Waals surface area contributed by atoms with Gasteiger partial charge in [0.15, 0.2) is 0 Å². The summed E-state index contributed by atoms with van der Waals surface area (Å²) < 4.78 is 5.59. The summed E-state index contributed by atoms with van der Waals surface area (Å²) in [5.41, 5.74) is 5.15. The van der Waals surface area contributed by atoms with Gasteiger partial charge in [-0.3, -0.25) is 9.69 Å². The Balaban J connectivity index is 2.00. The molecular formula is C15H29N3O2. The number of likely N-dealkylation sites (N-methyl/N-ethyl adjacent to an activating group) is 1. The maximum atomic E-state index is 11.8. The molecule has 2 rings (SSSR count). The zero-order chi connectivity index (χ0) is 14.8. The number of rotatable bonds is 5. The van der Waals surface area contributed by atoms with Gasteiger partial charge in [0.1, 0.15) is 0 Å². The van der Waals surface area contributed by atoms with Crippen LogP contribution >= 0.6 is 0 Å². The molecule has 1 amide bonds. The third kappa shape index (κ3) is 3.00. The molecule has 0 aromatic heterocycles. The van der Waals surface area contributed by atoms with Crippen molar-refractivity contribution in [3.05, 3.63) is 0 Å². The number of nitrogens with one attached hydrogen (secondary N) is 1. The second-order valence-corrected chi connectivity index (χ2v) is 6.41. The van der Waals surface area contributed by atoms with E-state index in [2.05, 4.69) is 17.1 Å². The van der Waals surface area contributed by atoms with Gasteiger partial charge in [0.05, 0.1) is 11.6 Å². The van der Waals surface area contributed by atoms with E-state index in [1.165, 1.54) is 6.42 Å². The quantitative estimate of drug-likeness (QED) is 0.780. The summed E-state index contributed by atoms with van der Waals surface area (Å²) >= 11 is 0. The molecule has 0 radical (unpaired) electrons. The molecule has 1 aliphatic heterocycles. The first kappa shape index (κ1) is 15.7. The highest BCUT2D eigenvalue weighted by Crippen LogP contribution is 2.35. The van der Waals surface area contributed by atoms with Crippen molar-refractivity contribution in [3.8, 4) is 0 Å². The molecule has 1 saturated carbocycles. The number of hydrogen-bond donors (Lipinski definition) is 2. The fraction of sp³-hybridized carbons (Fsp3) is 0.933. The molecule has 5 heteroatoms. The summed E-state index contributed by atoms with van der Waals surface area (Å²) in [5.74, 6) is 0.419. The minimum absolute atomic E-state index is 0.199. The van der Waals surface area contributed by atoms with Gasteiger partial charge in [-0.15, -0.1) is 0 Å². The molecule has 1 heterocycles. The van der Waals surface area contributed by atoms with E-state index < -0.39 is 5.54 Å². The van der Waals surface area contributed by atoms with Crippen LogP contribution in [0, 0.1) is 5.92 Å². The van der Waals surface area contributed by atoms with E-state index in [0.717, 1.165) is 38.9 Å². The number of methoxy groups -OCH3 is 1. The molecule has 1 aliphatic carbocycles. The highest BCUT2D eigenvalue weighted by Gasteiger charge is 2.46. The van der Waals surface area contributed by atoms with Crippen LogP contribution in [-0.4, -0.2) is 55.2 Å². The van der Waals surface area contributed by atoms with Gasteiger partial charge < -0.3 is 15.8 Å². The van der Waals surface area contributed by atoms with E-state index in [1.54, 1.807) is 7.11 Å². The van der Waals surface area contributed by atoms with Gasteiger partial charge in [0.2, 0.25) is 5.91 Å². The average molecular weight is 283 g/mol. The van der Waals surface area contributed by atoms with Crippen molar-refractivity contribution in [2.45, 2.75) is 57.2 Å². The van der Waals surface area contributed by atoms with Crippen LogP contribution in [0.1, 0.15) is 39.5 Å². The van der Waals surface area contributed by atoms with E-state index in [-0.39, 0.29) is 5.91 Å². The summed E-state index contributed by atoms with van der Waals surface area (Å²) in [6.45, 7) is 7.15. The van der Waals surface area contributed by atoms with Crippen LogP contribution < -0.4 is 11.1 Å². The first-order valence-corrected chi connectivity index (χ1v) is 7.84. The van der Waals surface area contributed by atoms with Crippen LogP contribution in [0.2, 0.25) is 0 Å². The maximum absolute atomic E-state index is 11.8. The Morgan fingerprint density at radius 2 is 2.25 bits per heavy atom. The molecular weight excluding hydrogens is 254 g/mol. The number of piperidine rings is 1. The summed E-state index contributed by atoms with van der Waals surface area (Å²) in [5, 5.41) is 3.33. The number of primary amides is 1. The van der Waals surface area contributed by atoms with Crippen LogP contribution in [0.5, 0.6) is 0 Å². The number of carbonyl (C=O) groups is 1. The van der Waals surface area contributed by atoms with E-state index in [0.29, 0.717) is 18.1 Å². The molecule has 1 saturated heterocycles. The molecule has 3 N–H and O–H groups in total. The first-order chi connectivity index (χ1) is 9.52. The van der Waals surface area contributed by atoms with Gasteiger partial charge in [-0.1, -0.05) is 13.8 Å². The van der Waals surface area contributed by atoms with E-state index in [9.17, 15) is 4.79 Å². The van der Waals surface area contributed by atoms with Crippen molar-refractivity contribution < 1.29 is 9.53 Å². The highest BCUT2D eigenvalue weighted by molar-refractivity contribution is 5.85. The Kier molecular flexibility index (Phi) is 5.04. The second-order valence-electron chi connectivity index (χ2n) is 6.41. The number of ether oxygens (including phenoxy) is 1. The van der Waals surface area contributed by atoms with Gasteiger partial charge in [-0.05, 0) is 44.7 Å². The topological polar surface area (TPSA) is 67.6 Å². The lowest BCUT2D eigenvalue weighted by atomic mass is 9.93. The van der Waals surface area contributed by atoms with Crippen molar-refractivity contribution in [2.24, 2.45) is 11.7 Å². The van der Waals surface area contributed by atoms with Gasteiger partial charge in [0.25, 0.3) is 0 Å². The van der Waals surface area contributed by atoms with Crippen molar-refractivity contribution in [3.63, 3.8) is 0 Å². The Morgan fingerprint density at radius 1 is 1.50 bits per heavy atom. The monoisotopic (exact) mass is 283 g/mol. The first-order valence-electron chi connectivity index (χ1n) is 7.84. The molecule has 4 atom stereocenters. The fourth-order valence-electron chi connectivity index (χ4n) is 3.84. The minimum Gasteiger partial charge on any atom is -0.380 e. The van der Waals surface area contributed by atoms with Gasteiger partial charge in [0, 0.05) is 19.7 Å². The Morgan fingerprint density at radius 3 is 2.85 bits per heavy atom. The fourth-order valence-corrected chi connectivity index (χ4v) is 3.84. The molecule has 116 valence electrons. The minimum atomic E-state index is -0.495. The van der Waals surface area contributed by atoms with Gasteiger partial charge in [-0.25, -0.2) is 0 Å². The molecule has 20 heavy (non-hydrogen) atoms. The third-order valence-corrected chi connectivity index (χ3v) is 5.22. The van der Waals surface area contributed by atoms with Crippen molar-refractivity contribution >= 4 is 5.91 Å². The number of hydrogen-bond acceptors (Lipinski definition) is 4. The van der Waals surface area contributed by atoms with Crippen LogP contribution in [0.15, 0.2) is 0 Å². The van der Waals surface area contributed by atoms with Crippen molar-refractivity contribution in [1.82, 2.24) is 10.2 Å². The lowest BCUT2D eigenvalue weighted by Crippen LogP contribution is -2.55. The lowest BCUT2D eigenvalue weighted by molar-refractivity contribution is -0.124. The third-order valence-electron chi connectivity index (χ3n) is 5.22. The zero-order valence-electron chi connectivity index (χ0n) is 13.0. The predicted molar refractivity (Wildman–Crippen MR) is 79.4 cm³/mol. The number of carbonyl (C=O) groups excluding carboxylic acids is 1. The number of nitrogens with two attached hydrogens (primary N) is 1. The van der Waals surface area contributed by atoms with E-state index in [1.807, 2.05) is 6.92 Å². The predicted octanol–water partition coefficient (Wildman–Crippen LogP) is 0.729. The molecule has 4 unspecified atom stereocenters. The molecule has 2 aliphatic rings. The summed E-state index contributed by atoms with van der Waals surface area (Å²) in [6, 6.07) is 0.451. The van der Waals surface area contributed by atoms with Crippen LogP contribution in [-0.2, 0) is 9.53 Å². The highest BCUT2D eigenvalue weighted by atomic mass is 16.5. The van der Waals surface area contributed by atoms with Crippen molar-refractivity contribution in [2.75, 3.05) is 26.7 Å². The summed E-state index contributed by atoms with van der Waals surface area (Å²) in [7, 11) is 1.80. The van der Waals surface area contributed by atoms with Gasteiger partial charge in [-0.2, -0.15) is 0 Å². The lowest BCUT2D eigenvalue weighted by Gasteiger charge is -2.40.